The van der Waals surface area contributed by atoms with Gasteiger partial charge in [-0.3, -0.25) is 9.59 Å². The van der Waals surface area contributed by atoms with Crippen LogP contribution in [0.2, 0.25) is 0 Å². The third-order valence-corrected chi connectivity index (χ3v) is 5.70. The van der Waals surface area contributed by atoms with Gasteiger partial charge in [-0.1, -0.05) is 0 Å². The van der Waals surface area contributed by atoms with Crippen molar-refractivity contribution in [3.05, 3.63) is 42.1 Å². The topological polar surface area (TPSA) is 103 Å². The third kappa shape index (κ3) is 6.34. The van der Waals surface area contributed by atoms with Crippen LogP contribution in [0.15, 0.2) is 36.5 Å². The number of anilines is 1. The predicted molar refractivity (Wildman–Crippen MR) is 123 cm³/mol. The largest absolute Gasteiger partial charge is 0.484 e. The Hall–Kier alpha value is -3.36. The average Bonchev–Trinajstić information content (AvgIpc) is 3.24. The zero-order valence-electron chi connectivity index (χ0n) is 19.6. The van der Waals surface area contributed by atoms with Crippen molar-refractivity contribution in [2.24, 2.45) is 0 Å². The Morgan fingerprint density at radius 2 is 1.73 bits per heavy atom. The number of amides is 2. The van der Waals surface area contributed by atoms with Crippen LogP contribution < -0.4 is 10.1 Å². The number of carbonyl (C=O) groups is 3. The summed E-state index contributed by atoms with van der Waals surface area (Å²) < 4.78 is 12.4. The maximum Gasteiger partial charge on any atom is 0.338 e. The van der Waals surface area contributed by atoms with Gasteiger partial charge in [0.2, 0.25) is 0 Å². The zero-order valence-corrected chi connectivity index (χ0v) is 19.6. The minimum absolute atomic E-state index is 0.0389. The SMILES string of the molecule is CC(C)n1nccc1NC(=O)COC(=O)c1ccc(OCC(=O)N2[C@H](C)CCC[C@@H]2C)cc1. The molecule has 2 amide bonds. The Morgan fingerprint density at radius 3 is 2.36 bits per heavy atom. The van der Waals surface area contributed by atoms with E-state index in [2.05, 4.69) is 24.3 Å². The van der Waals surface area contributed by atoms with Crippen molar-refractivity contribution in [1.82, 2.24) is 14.7 Å². The first-order chi connectivity index (χ1) is 15.8. The molecule has 9 heteroatoms. The first kappa shape index (κ1) is 24.3. The maximum absolute atomic E-state index is 12.6. The molecular weight excluding hydrogens is 424 g/mol. The van der Waals surface area contributed by atoms with Crippen molar-refractivity contribution in [2.75, 3.05) is 18.5 Å². The molecule has 178 valence electrons. The highest BCUT2D eigenvalue weighted by atomic mass is 16.5. The van der Waals surface area contributed by atoms with E-state index in [1.807, 2.05) is 18.7 Å². The van der Waals surface area contributed by atoms with E-state index in [1.54, 1.807) is 41.2 Å². The normalized spacial score (nSPS) is 18.2. The lowest BCUT2D eigenvalue weighted by Crippen LogP contribution is -2.49. The van der Waals surface area contributed by atoms with Gasteiger partial charge in [0, 0.05) is 24.2 Å². The summed E-state index contributed by atoms with van der Waals surface area (Å²) in [5, 5.41) is 6.81. The van der Waals surface area contributed by atoms with E-state index in [0.717, 1.165) is 19.3 Å². The Morgan fingerprint density at radius 1 is 1.06 bits per heavy atom. The second-order valence-electron chi connectivity index (χ2n) is 8.62. The summed E-state index contributed by atoms with van der Waals surface area (Å²) in [7, 11) is 0. The van der Waals surface area contributed by atoms with Crippen molar-refractivity contribution in [1.29, 1.82) is 0 Å². The molecule has 1 N–H and O–H groups in total. The minimum atomic E-state index is -0.624. The second-order valence-corrected chi connectivity index (χ2v) is 8.62. The summed E-state index contributed by atoms with van der Waals surface area (Å²) in [4.78, 5) is 38.8. The van der Waals surface area contributed by atoms with Gasteiger partial charge in [-0.05, 0) is 71.2 Å². The lowest BCUT2D eigenvalue weighted by atomic mass is 9.97. The molecule has 0 spiro atoms. The standard InChI is InChI=1S/C24H32N4O5/c1-16(2)28-21(12-13-25-28)26-22(29)14-33-24(31)19-8-10-20(11-9-19)32-15-23(30)27-17(3)6-5-7-18(27)4/h8-13,16-18H,5-7,14-15H2,1-4H3,(H,26,29)/t17-,18+. The highest BCUT2D eigenvalue weighted by molar-refractivity contribution is 5.95. The molecule has 3 rings (SSSR count). The fourth-order valence-corrected chi connectivity index (χ4v) is 4.04. The van der Waals surface area contributed by atoms with Crippen molar-refractivity contribution in [3.63, 3.8) is 0 Å². The molecule has 1 aliphatic rings. The number of hydrogen-bond acceptors (Lipinski definition) is 6. The molecule has 0 unspecified atom stereocenters. The van der Waals surface area contributed by atoms with Crippen LogP contribution in [0.1, 0.15) is 63.4 Å². The molecule has 0 bridgehead atoms. The monoisotopic (exact) mass is 456 g/mol. The molecule has 0 radical (unpaired) electrons. The summed E-state index contributed by atoms with van der Waals surface area (Å²) in [6.45, 7) is 7.55. The number of aromatic nitrogens is 2. The molecule has 2 aromatic rings. The number of nitrogens with one attached hydrogen (secondary N) is 1. The van der Waals surface area contributed by atoms with Crippen molar-refractivity contribution in [2.45, 2.75) is 65.1 Å². The van der Waals surface area contributed by atoms with Crippen molar-refractivity contribution in [3.8, 4) is 5.75 Å². The average molecular weight is 457 g/mol. The number of piperidine rings is 1. The van der Waals surface area contributed by atoms with Crippen molar-refractivity contribution >= 4 is 23.6 Å². The van der Waals surface area contributed by atoms with Gasteiger partial charge in [0.1, 0.15) is 11.6 Å². The number of nitrogens with zero attached hydrogens (tertiary/aromatic N) is 3. The van der Waals surface area contributed by atoms with E-state index in [1.165, 1.54) is 0 Å². The van der Waals surface area contributed by atoms with Gasteiger partial charge < -0.3 is 19.7 Å². The first-order valence-corrected chi connectivity index (χ1v) is 11.3. The second kappa shape index (κ2) is 11.0. The number of benzene rings is 1. The molecule has 9 nitrogen and oxygen atoms in total. The molecule has 1 aromatic carbocycles. The molecule has 2 heterocycles. The molecule has 2 atom stereocenters. The van der Waals surface area contributed by atoms with E-state index in [-0.39, 0.29) is 36.2 Å². The quantitative estimate of drug-likeness (QED) is 0.611. The Bertz CT molecular complexity index is 959. The Labute approximate surface area is 194 Å². The molecule has 1 fully saturated rings. The summed E-state index contributed by atoms with van der Waals surface area (Å²) >= 11 is 0. The minimum Gasteiger partial charge on any atom is -0.484 e. The molecule has 33 heavy (non-hydrogen) atoms. The zero-order chi connectivity index (χ0) is 24.0. The number of carbonyl (C=O) groups excluding carboxylic acids is 3. The fraction of sp³-hybridized carbons (Fsp3) is 0.500. The lowest BCUT2D eigenvalue weighted by molar-refractivity contribution is -0.139. The summed E-state index contributed by atoms with van der Waals surface area (Å²) in [6, 6.07) is 8.48. The summed E-state index contributed by atoms with van der Waals surface area (Å²) in [6.07, 6.45) is 4.74. The Kier molecular flexibility index (Phi) is 8.08. The molecule has 1 aliphatic heterocycles. The first-order valence-electron chi connectivity index (χ1n) is 11.3. The maximum atomic E-state index is 12.6. The van der Waals surface area contributed by atoms with Gasteiger partial charge in [-0.25, -0.2) is 9.48 Å². The highest BCUT2D eigenvalue weighted by Gasteiger charge is 2.29. The van der Waals surface area contributed by atoms with Gasteiger partial charge in [0.25, 0.3) is 11.8 Å². The third-order valence-electron chi connectivity index (χ3n) is 5.70. The smallest absolute Gasteiger partial charge is 0.338 e. The molecule has 0 saturated carbocycles. The van der Waals surface area contributed by atoms with Crippen LogP contribution in [0.5, 0.6) is 5.75 Å². The number of rotatable bonds is 8. The number of hydrogen-bond donors (Lipinski definition) is 1. The van der Waals surface area contributed by atoms with Gasteiger partial charge >= 0.3 is 5.97 Å². The lowest BCUT2D eigenvalue weighted by Gasteiger charge is -2.38. The van der Waals surface area contributed by atoms with E-state index in [4.69, 9.17) is 9.47 Å². The fourth-order valence-electron chi connectivity index (χ4n) is 4.04. The van der Waals surface area contributed by atoms with Gasteiger partial charge in [-0.2, -0.15) is 5.10 Å². The molecule has 1 saturated heterocycles. The van der Waals surface area contributed by atoms with Gasteiger partial charge in [-0.15, -0.1) is 0 Å². The van der Waals surface area contributed by atoms with E-state index in [0.29, 0.717) is 11.6 Å². The number of ether oxygens (including phenoxy) is 2. The van der Waals surface area contributed by atoms with Crippen LogP contribution in [0.25, 0.3) is 0 Å². The molecule has 1 aromatic heterocycles. The van der Waals surface area contributed by atoms with Gasteiger partial charge in [0.15, 0.2) is 13.2 Å². The van der Waals surface area contributed by atoms with E-state index < -0.39 is 18.5 Å². The molecule has 0 aliphatic carbocycles. The number of likely N-dealkylation sites (tertiary alicyclic amines) is 1. The van der Waals surface area contributed by atoms with Crippen LogP contribution in [0.3, 0.4) is 0 Å². The number of esters is 1. The van der Waals surface area contributed by atoms with Crippen molar-refractivity contribution < 1.29 is 23.9 Å². The van der Waals surface area contributed by atoms with Crippen LogP contribution in [0, 0.1) is 0 Å². The van der Waals surface area contributed by atoms with Crippen LogP contribution >= 0.6 is 0 Å². The summed E-state index contributed by atoms with van der Waals surface area (Å²) in [5.41, 5.74) is 0.284. The van der Waals surface area contributed by atoms with Gasteiger partial charge in [0.05, 0.1) is 11.8 Å². The highest BCUT2D eigenvalue weighted by Crippen LogP contribution is 2.23. The van der Waals surface area contributed by atoms with Crippen LogP contribution in [0.4, 0.5) is 5.82 Å². The van der Waals surface area contributed by atoms with E-state index >= 15 is 0 Å². The van der Waals surface area contributed by atoms with Crippen LogP contribution in [-0.2, 0) is 14.3 Å². The summed E-state index contributed by atoms with van der Waals surface area (Å²) in [5.74, 6) is -0.0955. The Balaban J connectivity index is 1.46. The van der Waals surface area contributed by atoms with E-state index in [9.17, 15) is 14.4 Å². The molecular formula is C24H32N4O5. The predicted octanol–water partition coefficient (Wildman–Crippen LogP) is 3.43. The van der Waals surface area contributed by atoms with Crippen LogP contribution in [-0.4, -0.2) is 57.8 Å².